The minimum absolute atomic E-state index is 0.0998. The number of thiophene rings is 1. The highest BCUT2D eigenvalue weighted by Crippen LogP contribution is 2.36. The Bertz CT molecular complexity index is 1300. The number of nitrogens with zero attached hydrogens (tertiary/aromatic N) is 4. The van der Waals surface area contributed by atoms with Gasteiger partial charge in [0.15, 0.2) is 5.13 Å². The summed E-state index contributed by atoms with van der Waals surface area (Å²) in [6.07, 6.45) is 6.42. The molecule has 1 aromatic carbocycles. The first-order valence-corrected chi connectivity index (χ1v) is 14.2. The van der Waals surface area contributed by atoms with E-state index in [0.717, 1.165) is 64.8 Å². The molecule has 1 unspecified atom stereocenters. The summed E-state index contributed by atoms with van der Waals surface area (Å²) in [5, 5.41) is 3.97. The van der Waals surface area contributed by atoms with E-state index < -0.39 is 0 Å². The summed E-state index contributed by atoms with van der Waals surface area (Å²) in [6, 6.07) is 9.83. The van der Waals surface area contributed by atoms with Crippen molar-refractivity contribution < 1.29 is 14.3 Å². The minimum Gasteiger partial charge on any atom is -0.481 e. The number of hydrogen-bond acceptors (Lipinski definition) is 8. The third-order valence-electron chi connectivity index (χ3n) is 7.00. The Morgan fingerprint density at radius 1 is 1.19 bits per heavy atom. The topological polar surface area (TPSA) is 87.1 Å². The van der Waals surface area contributed by atoms with E-state index in [1.165, 1.54) is 11.3 Å². The van der Waals surface area contributed by atoms with Crippen molar-refractivity contribution in [1.82, 2.24) is 9.88 Å². The van der Waals surface area contributed by atoms with Gasteiger partial charge in [0, 0.05) is 50.4 Å². The van der Waals surface area contributed by atoms with Gasteiger partial charge in [-0.2, -0.15) is 0 Å². The molecule has 2 aromatic heterocycles. The average molecular weight is 538 g/mol. The van der Waals surface area contributed by atoms with E-state index in [2.05, 4.69) is 15.2 Å². The van der Waals surface area contributed by atoms with Gasteiger partial charge in [0.25, 0.3) is 5.91 Å². The van der Waals surface area contributed by atoms with Crippen molar-refractivity contribution in [2.24, 2.45) is 10.9 Å². The van der Waals surface area contributed by atoms with E-state index in [4.69, 9.17) is 9.72 Å². The van der Waals surface area contributed by atoms with Crippen LogP contribution < -0.4 is 10.2 Å². The molecule has 0 saturated carbocycles. The lowest BCUT2D eigenvalue weighted by Crippen LogP contribution is -2.41. The van der Waals surface area contributed by atoms with Crippen LogP contribution in [-0.4, -0.2) is 61.7 Å². The Morgan fingerprint density at radius 3 is 2.57 bits per heavy atom. The molecule has 194 valence electrons. The molecule has 1 N–H and O–H groups in total. The average Bonchev–Trinajstić information content (AvgIpc) is 3.53. The zero-order valence-electron chi connectivity index (χ0n) is 21.3. The van der Waals surface area contributed by atoms with Crippen molar-refractivity contribution in [2.75, 3.05) is 44.0 Å². The molecular weight excluding hydrogens is 506 g/mol. The Hall–Kier alpha value is -3.24. The van der Waals surface area contributed by atoms with Crippen LogP contribution in [0.3, 0.4) is 0 Å². The first kappa shape index (κ1) is 25.4. The molecule has 10 heteroatoms. The van der Waals surface area contributed by atoms with Crippen LogP contribution in [0, 0.1) is 5.92 Å². The van der Waals surface area contributed by atoms with Crippen LogP contribution in [0.5, 0.6) is 0 Å². The number of hydrogen-bond donors (Lipinski definition) is 1. The predicted octanol–water partition coefficient (Wildman–Crippen LogP) is 5.35. The van der Waals surface area contributed by atoms with Crippen LogP contribution in [0.2, 0.25) is 0 Å². The number of aliphatic imine (C=N–C) groups is 1. The zero-order valence-corrected chi connectivity index (χ0v) is 22.9. The smallest absolute Gasteiger partial charge is 0.265 e. The van der Waals surface area contributed by atoms with Crippen molar-refractivity contribution in [2.45, 2.75) is 32.1 Å². The van der Waals surface area contributed by atoms with E-state index in [0.29, 0.717) is 10.8 Å². The number of ether oxygens (including phenoxy) is 1. The van der Waals surface area contributed by atoms with E-state index >= 15 is 0 Å². The number of aromatic nitrogens is 1. The number of amides is 2. The Labute approximate surface area is 224 Å². The van der Waals surface area contributed by atoms with Crippen molar-refractivity contribution in [3.63, 3.8) is 0 Å². The first-order chi connectivity index (χ1) is 17.9. The van der Waals surface area contributed by atoms with Crippen LogP contribution in [0.1, 0.15) is 47.3 Å². The fourth-order valence-corrected chi connectivity index (χ4v) is 6.78. The number of allylic oxidation sites excluding steroid dienone is 1. The molecule has 2 amide bonds. The molecule has 5 rings (SSSR count). The lowest BCUT2D eigenvalue weighted by Gasteiger charge is -2.32. The van der Waals surface area contributed by atoms with Crippen LogP contribution >= 0.6 is 22.7 Å². The Kier molecular flexibility index (Phi) is 7.57. The summed E-state index contributed by atoms with van der Waals surface area (Å²) in [4.78, 5) is 40.1. The maximum atomic E-state index is 12.9. The first-order valence-electron chi connectivity index (χ1n) is 12.5. The molecule has 8 nitrogen and oxygen atoms in total. The summed E-state index contributed by atoms with van der Waals surface area (Å²) in [5.41, 5.74) is 1.90. The van der Waals surface area contributed by atoms with Crippen molar-refractivity contribution >= 4 is 61.1 Å². The van der Waals surface area contributed by atoms with E-state index in [1.54, 1.807) is 18.4 Å². The second-order valence-electron chi connectivity index (χ2n) is 9.33. The maximum Gasteiger partial charge on any atom is 0.265 e. The number of methoxy groups -OCH3 is 1. The number of benzene rings is 1. The molecule has 1 fully saturated rings. The number of carbonyl (C=O) groups is 2. The maximum absolute atomic E-state index is 12.9. The van der Waals surface area contributed by atoms with Crippen LogP contribution in [0.25, 0.3) is 9.53 Å². The molecule has 4 heterocycles. The highest BCUT2D eigenvalue weighted by Gasteiger charge is 2.28. The largest absolute Gasteiger partial charge is 0.481 e. The van der Waals surface area contributed by atoms with Gasteiger partial charge in [0.1, 0.15) is 4.83 Å². The number of anilines is 2. The molecule has 2 aliphatic rings. The van der Waals surface area contributed by atoms with Gasteiger partial charge >= 0.3 is 0 Å². The Morgan fingerprint density at radius 2 is 1.95 bits per heavy atom. The van der Waals surface area contributed by atoms with E-state index in [1.807, 2.05) is 61.5 Å². The van der Waals surface area contributed by atoms with Gasteiger partial charge in [-0.3, -0.25) is 9.59 Å². The molecular formula is C27H31N5O3S2. The summed E-state index contributed by atoms with van der Waals surface area (Å²) in [7, 11) is 3.49. The number of nitrogens with one attached hydrogen (secondary N) is 1. The van der Waals surface area contributed by atoms with Crippen LogP contribution in [-0.2, 0) is 9.53 Å². The summed E-state index contributed by atoms with van der Waals surface area (Å²) < 4.78 is 6.17. The van der Waals surface area contributed by atoms with Crippen molar-refractivity contribution in [1.29, 1.82) is 0 Å². The highest BCUT2D eigenvalue weighted by molar-refractivity contribution is 7.29. The standard InChI is InChI=1S/C27H31N5O3S2/c1-4-31(2)26(34)18-11-13-32(14-12-18)27-30-25-22(37-27)15-21(36-25)24(33)29-20-8-5-17(6-9-20)19-7-10-23(35-3)28-16-19/h5-6,8-10,15-16,18-19H,4,7,11-14H2,1-3H3,(H,29,33). The van der Waals surface area contributed by atoms with Crippen molar-refractivity contribution in [3.05, 3.63) is 52.7 Å². The van der Waals surface area contributed by atoms with Gasteiger partial charge in [-0.1, -0.05) is 23.5 Å². The van der Waals surface area contributed by atoms with E-state index in [-0.39, 0.29) is 23.7 Å². The molecule has 0 bridgehead atoms. The van der Waals surface area contributed by atoms with Crippen molar-refractivity contribution in [3.8, 4) is 0 Å². The molecule has 0 spiro atoms. The van der Waals surface area contributed by atoms with E-state index in [9.17, 15) is 9.59 Å². The lowest BCUT2D eigenvalue weighted by molar-refractivity contribution is -0.134. The monoisotopic (exact) mass is 537 g/mol. The molecule has 3 aromatic rings. The third-order valence-corrected chi connectivity index (χ3v) is 9.22. The quantitative estimate of drug-likeness (QED) is 0.439. The number of carbonyl (C=O) groups excluding carboxylic acids is 2. The van der Waals surface area contributed by atoms with Gasteiger partial charge in [-0.05, 0) is 56.0 Å². The molecule has 0 aliphatic carbocycles. The minimum atomic E-state index is -0.129. The summed E-state index contributed by atoms with van der Waals surface area (Å²) in [6.45, 7) is 4.40. The molecule has 0 radical (unpaired) electrons. The number of fused-ring (bicyclic) bond motifs is 1. The van der Waals surface area contributed by atoms with Crippen LogP contribution in [0.4, 0.5) is 10.8 Å². The zero-order chi connectivity index (χ0) is 25.9. The number of piperidine rings is 1. The number of rotatable bonds is 7. The third kappa shape index (κ3) is 5.55. The molecule has 2 aliphatic heterocycles. The van der Waals surface area contributed by atoms with Gasteiger partial charge in [-0.25, -0.2) is 9.98 Å². The van der Waals surface area contributed by atoms with Crippen LogP contribution in [0.15, 0.2) is 47.3 Å². The van der Waals surface area contributed by atoms with Gasteiger partial charge in [-0.15, -0.1) is 11.3 Å². The fraction of sp³-hybridized carbons (Fsp3) is 0.407. The highest BCUT2D eigenvalue weighted by atomic mass is 32.1. The Balaban J connectivity index is 1.18. The SMILES string of the molecule is CCN(C)C(=O)C1CCN(c2nc3sc(C(=O)Nc4ccc(C5C=NC(OC)=CC5)cc4)cc3s2)CC1. The lowest BCUT2D eigenvalue weighted by atomic mass is 9.95. The summed E-state index contributed by atoms with van der Waals surface area (Å²) >= 11 is 3.03. The van der Waals surface area contributed by atoms with Gasteiger partial charge in [0.05, 0.1) is 16.7 Å². The molecule has 37 heavy (non-hydrogen) atoms. The van der Waals surface area contributed by atoms with Gasteiger partial charge in [0.2, 0.25) is 11.8 Å². The second-order valence-corrected chi connectivity index (χ2v) is 11.4. The molecule has 1 saturated heterocycles. The number of thiazole rings is 1. The summed E-state index contributed by atoms with van der Waals surface area (Å²) in [5.74, 6) is 1.07. The van der Waals surface area contributed by atoms with Gasteiger partial charge < -0.3 is 19.9 Å². The fourth-order valence-electron chi connectivity index (χ4n) is 4.63. The molecule has 1 atom stereocenters. The predicted molar refractivity (Wildman–Crippen MR) is 151 cm³/mol. The second kappa shape index (κ2) is 11.0. The normalized spacial score (nSPS) is 18.1.